The molecule has 0 aliphatic rings. The van der Waals surface area contributed by atoms with E-state index in [0.717, 1.165) is 52.0 Å². The van der Waals surface area contributed by atoms with Gasteiger partial charge in [-0.3, -0.25) is 4.90 Å². The summed E-state index contributed by atoms with van der Waals surface area (Å²) in [6, 6.07) is 21.2. The standard InChI is InChI=1S/C50H87NO8/c1-2-3-4-5-6-7-8-9-10-11-12-14-17-20-23-32-41-54-46-50(47-55-45-49-37-29-26-30-38-49)51(40-34-42-53-44-48-35-27-25-28-36-48)39-31-22-19-16-13-15-18-21-24-33-43-56-58-59-57-52/h25-30,35-38,50,52H,2-24,31-34,39-47H2,1H3. The van der Waals surface area contributed by atoms with Crippen molar-refractivity contribution >= 4 is 0 Å². The number of benzene rings is 2. The molecule has 0 bridgehead atoms. The maximum Gasteiger partial charge on any atom is 0.0855 e. The van der Waals surface area contributed by atoms with Gasteiger partial charge >= 0.3 is 0 Å². The van der Waals surface area contributed by atoms with E-state index in [0.29, 0.717) is 33.0 Å². The summed E-state index contributed by atoms with van der Waals surface area (Å²) in [5.74, 6) is 0. The SMILES string of the molecule is CCCCCCCCCCCCCCCCCCOCC(COCc1ccccc1)N(CCCCCCCCCCCCOOOOO)CCCOCc1ccccc1. The number of hydrogen-bond acceptors (Lipinski definition) is 9. The predicted molar refractivity (Wildman–Crippen MR) is 241 cm³/mol. The van der Waals surface area contributed by atoms with Crippen LogP contribution in [0.2, 0.25) is 0 Å². The van der Waals surface area contributed by atoms with Crippen LogP contribution in [0.15, 0.2) is 60.7 Å². The molecule has 0 saturated heterocycles. The van der Waals surface area contributed by atoms with Crippen molar-refractivity contribution in [2.24, 2.45) is 0 Å². The Morgan fingerprint density at radius 3 is 1.34 bits per heavy atom. The van der Waals surface area contributed by atoms with E-state index in [4.69, 9.17) is 24.4 Å². The molecule has 1 unspecified atom stereocenters. The third kappa shape index (κ3) is 34.4. The molecule has 59 heavy (non-hydrogen) atoms. The zero-order valence-corrected chi connectivity index (χ0v) is 37.6. The lowest BCUT2D eigenvalue weighted by molar-refractivity contribution is -0.702. The molecule has 1 atom stereocenters. The Labute approximate surface area is 360 Å². The summed E-state index contributed by atoms with van der Waals surface area (Å²) >= 11 is 0. The molecule has 2 aromatic rings. The molecule has 0 spiro atoms. The summed E-state index contributed by atoms with van der Waals surface area (Å²) in [5, 5.41) is 19.3. The minimum atomic E-state index is 0.224. The Kier molecular flexibility index (Phi) is 38.6. The minimum Gasteiger partial charge on any atom is -0.380 e. The number of nitrogens with zero attached hydrogens (tertiary/aromatic N) is 1. The molecule has 0 fully saturated rings. The van der Waals surface area contributed by atoms with E-state index in [9.17, 15) is 0 Å². The fourth-order valence-electron chi connectivity index (χ4n) is 7.68. The minimum absolute atomic E-state index is 0.224. The number of hydrogen-bond donors (Lipinski definition) is 1. The molecule has 0 aliphatic carbocycles. The van der Waals surface area contributed by atoms with Gasteiger partial charge in [-0.05, 0) is 58.5 Å². The van der Waals surface area contributed by atoms with E-state index in [1.54, 1.807) is 0 Å². The van der Waals surface area contributed by atoms with Gasteiger partial charge in [-0.2, -0.15) is 0 Å². The van der Waals surface area contributed by atoms with Crippen molar-refractivity contribution in [3.05, 3.63) is 71.8 Å². The lowest BCUT2D eigenvalue weighted by Crippen LogP contribution is -2.43. The molecule has 9 nitrogen and oxygen atoms in total. The van der Waals surface area contributed by atoms with Crippen LogP contribution < -0.4 is 0 Å². The lowest BCUT2D eigenvalue weighted by atomic mass is 10.0. The van der Waals surface area contributed by atoms with E-state index in [2.05, 4.69) is 87.6 Å². The number of unbranched alkanes of at least 4 members (excludes halogenated alkanes) is 24. The van der Waals surface area contributed by atoms with E-state index in [1.807, 2.05) is 0 Å². The third-order valence-corrected chi connectivity index (χ3v) is 11.3. The van der Waals surface area contributed by atoms with Gasteiger partial charge in [0.15, 0.2) is 0 Å². The van der Waals surface area contributed by atoms with Crippen molar-refractivity contribution in [3.8, 4) is 0 Å². The molecule has 340 valence electrons. The number of ether oxygens (including phenoxy) is 3. The van der Waals surface area contributed by atoms with Crippen LogP contribution in [0.25, 0.3) is 0 Å². The van der Waals surface area contributed by atoms with Crippen molar-refractivity contribution in [2.75, 3.05) is 46.1 Å². The molecular weight excluding hydrogens is 743 g/mol. The predicted octanol–water partition coefficient (Wildman–Crippen LogP) is 13.9. The molecule has 0 heterocycles. The fourth-order valence-corrected chi connectivity index (χ4v) is 7.68. The fraction of sp³-hybridized carbons (Fsp3) is 0.760. The van der Waals surface area contributed by atoms with Crippen molar-refractivity contribution in [1.29, 1.82) is 0 Å². The third-order valence-electron chi connectivity index (χ3n) is 11.3. The monoisotopic (exact) mass is 830 g/mol. The molecule has 0 radical (unpaired) electrons. The van der Waals surface area contributed by atoms with E-state index < -0.39 is 0 Å². The van der Waals surface area contributed by atoms with Gasteiger partial charge in [0.2, 0.25) is 0 Å². The molecular formula is C50H87NO8. The summed E-state index contributed by atoms with van der Waals surface area (Å²) in [4.78, 5) is 7.34. The average molecular weight is 830 g/mol. The highest BCUT2D eigenvalue weighted by atomic mass is 17.8. The zero-order chi connectivity index (χ0) is 41.8. The summed E-state index contributed by atoms with van der Waals surface area (Å²) in [5.41, 5.74) is 2.44. The smallest absolute Gasteiger partial charge is 0.0855 e. The molecule has 0 amide bonds. The van der Waals surface area contributed by atoms with Crippen LogP contribution in [0.1, 0.15) is 191 Å². The second-order valence-corrected chi connectivity index (χ2v) is 16.5. The quantitative estimate of drug-likeness (QED) is 0.0398. The van der Waals surface area contributed by atoms with Gasteiger partial charge in [-0.15, -0.1) is 0 Å². The van der Waals surface area contributed by atoms with Crippen LogP contribution in [0.3, 0.4) is 0 Å². The first-order valence-electron chi connectivity index (χ1n) is 24.1. The van der Waals surface area contributed by atoms with Gasteiger partial charge in [0.25, 0.3) is 0 Å². The van der Waals surface area contributed by atoms with Gasteiger partial charge in [-0.25, -0.2) is 10.1 Å². The topological polar surface area (TPSA) is 88.1 Å². The van der Waals surface area contributed by atoms with Crippen molar-refractivity contribution in [3.63, 3.8) is 0 Å². The van der Waals surface area contributed by atoms with Gasteiger partial charge in [0.05, 0.1) is 39.1 Å². The molecule has 9 heteroatoms. The highest BCUT2D eigenvalue weighted by Gasteiger charge is 2.19. The Bertz CT molecular complexity index is 1100. The van der Waals surface area contributed by atoms with Crippen molar-refractivity contribution in [1.82, 2.24) is 4.90 Å². The van der Waals surface area contributed by atoms with Crippen LogP contribution in [-0.4, -0.2) is 62.3 Å². The Hall–Kier alpha value is -1.92. The van der Waals surface area contributed by atoms with Crippen LogP contribution >= 0.6 is 0 Å². The second kappa shape index (κ2) is 42.8. The normalized spacial score (nSPS) is 12.2. The van der Waals surface area contributed by atoms with Crippen molar-refractivity contribution < 1.29 is 39.5 Å². The summed E-state index contributed by atoms with van der Waals surface area (Å²) in [6.45, 7) is 8.99. The van der Waals surface area contributed by atoms with Gasteiger partial charge in [-0.1, -0.05) is 215 Å². The zero-order valence-electron chi connectivity index (χ0n) is 37.6. The lowest BCUT2D eigenvalue weighted by Gasteiger charge is -2.32. The second-order valence-electron chi connectivity index (χ2n) is 16.5. The van der Waals surface area contributed by atoms with Gasteiger partial charge < -0.3 is 14.2 Å². The first-order chi connectivity index (χ1) is 29.3. The number of rotatable bonds is 46. The van der Waals surface area contributed by atoms with E-state index in [1.165, 1.54) is 159 Å². The summed E-state index contributed by atoms with van der Waals surface area (Å²) < 4.78 is 18.9. The molecule has 1 N–H and O–H groups in total. The molecule has 2 aromatic carbocycles. The molecule has 0 saturated carbocycles. The Balaban J connectivity index is 1.71. The molecule has 0 aromatic heterocycles. The Morgan fingerprint density at radius 1 is 0.424 bits per heavy atom. The van der Waals surface area contributed by atoms with Crippen LogP contribution in [0.4, 0.5) is 0 Å². The first kappa shape index (κ1) is 53.2. The summed E-state index contributed by atoms with van der Waals surface area (Å²) in [6.07, 6.45) is 35.0. The van der Waals surface area contributed by atoms with Gasteiger partial charge in [0, 0.05) is 19.8 Å². The van der Waals surface area contributed by atoms with Crippen LogP contribution in [0, 0.1) is 0 Å². The van der Waals surface area contributed by atoms with Crippen LogP contribution in [0.5, 0.6) is 0 Å². The largest absolute Gasteiger partial charge is 0.380 e. The van der Waals surface area contributed by atoms with Crippen LogP contribution in [-0.2, 0) is 47.4 Å². The maximum absolute atomic E-state index is 8.01. The summed E-state index contributed by atoms with van der Waals surface area (Å²) in [7, 11) is 0. The first-order valence-corrected chi connectivity index (χ1v) is 24.1. The highest BCUT2D eigenvalue weighted by Crippen LogP contribution is 2.16. The maximum atomic E-state index is 8.01. The Morgan fingerprint density at radius 2 is 0.831 bits per heavy atom. The highest BCUT2D eigenvalue weighted by molar-refractivity contribution is 5.14. The molecule has 0 aliphatic heterocycles. The van der Waals surface area contributed by atoms with Gasteiger partial charge in [0.1, 0.15) is 0 Å². The average Bonchev–Trinajstić information content (AvgIpc) is 3.26. The van der Waals surface area contributed by atoms with E-state index >= 15 is 0 Å². The van der Waals surface area contributed by atoms with Crippen molar-refractivity contribution in [2.45, 2.75) is 200 Å². The van der Waals surface area contributed by atoms with E-state index in [-0.39, 0.29) is 6.04 Å². The molecule has 2 rings (SSSR count).